The van der Waals surface area contributed by atoms with Crippen LogP contribution in [0.25, 0.3) is 10.4 Å². The second-order valence-electron chi connectivity index (χ2n) is 9.13. The lowest BCUT2D eigenvalue weighted by molar-refractivity contribution is 0.0684. The standard InChI is InChI=1S/C26H24FN3O4S/c1-14-29-22(24(35-14)15-4-2-5-17(27)10-15)26(32)30-18(11-16-12-20(16)30)13-28-25(31)19-6-3-7-21-23(19)34-9-8-33-21/h2-7,10,16,18,20H,8-9,11-13H2,1H3,(H,28,31)/t16-,18+,20+/m1/s1. The van der Waals surface area contributed by atoms with Gasteiger partial charge in [-0.25, -0.2) is 9.37 Å². The molecule has 1 N–H and O–H groups in total. The molecule has 0 unspecified atom stereocenters. The number of hydrogen-bond donors (Lipinski definition) is 1. The minimum atomic E-state index is -0.353. The lowest BCUT2D eigenvalue weighted by Crippen LogP contribution is -2.45. The largest absolute Gasteiger partial charge is 0.486 e. The molecule has 1 aromatic heterocycles. The second kappa shape index (κ2) is 8.64. The molecule has 180 valence electrons. The van der Waals surface area contributed by atoms with Crippen LogP contribution in [-0.4, -0.2) is 53.5 Å². The average molecular weight is 494 g/mol. The van der Waals surface area contributed by atoms with Gasteiger partial charge in [0.1, 0.15) is 24.7 Å². The zero-order chi connectivity index (χ0) is 24.1. The molecule has 1 saturated carbocycles. The Kier molecular flexibility index (Phi) is 5.44. The lowest BCUT2D eigenvalue weighted by Gasteiger charge is -2.28. The Labute approximate surface area is 205 Å². The number of hydrogen-bond acceptors (Lipinski definition) is 6. The molecule has 2 fully saturated rings. The summed E-state index contributed by atoms with van der Waals surface area (Å²) in [6.45, 7) is 3.03. The highest BCUT2D eigenvalue weighted by atomic mass is 32.1. The summed E-state index contributed by atoms with van der Waals surface area (Å²) < 4.78 is 25.1. The molecule has 1 saturated heterocycles. The van der Waals surface area contributed by atoms with Gasteiger partial charge < -0.3 is 19.7 Å². The van der Waals surface area contributed by atoms with Crippen molar-refractivity contribution in [3.8, 4) is 21.9 Å². The number of para-hydroxylation sites is 1. The fourth-order valence-electron chi connectivity index (χ4n) is 5.14. The molecule has 35 heavy (non-hydrogen) atoms. The normalized spacial score (nSPS) is 22.0. The molecule has 7 nitrogen and oxygen atoms in total. The first-order valence-corrected chi connectivity index (χ1v) is 12.5. The van der Waals surface area contributed by atoms with Crippen LogP contribution < -0.4 is 14.8 Å². The summed E-state index contributed by atoms with van der Waals surface area (Å²) in [6, 6.07) is 11.5. The van der Waals surface area contributed by atoms with Crippen LogP contribution in [0.5, 0.6) is 11.5 Å². The van der Waals surface area contributed by atoms with Crippen molar-refractivity contribution in [2.24, 2.45) is 5.92 Å². The maximum absolute atomic E-state index is 13.9. The van der Waals surface area contributed by atoms with E-state index in [1.54, 1.807) is 30.3 Å². The number of carbonyl (C=O) groups excluding carboxylic acids is 2. The highest BCUT2D eigenvalue weighted by Gasteiger charge is 2.54. The van der Waals surface area contributed by atoms with E-state index in [-0.39, 0.29) is 29.7 Å². The number of aryl methyl sites for hydroxylation is 1. The van der Waals surface area contributed by atoms with Gasteiger partial charge in [-0.2, -0.15) is 0 Å². The number of aromatic nitrogens is 1. The molecule has 2 amide bonds. The van der Waals surface area contributed by atoms with E-state index in [2.05, 4.69) is 10.3 Å². The zero-order valence-electron chi connectivity index (χ0n) is 19.1. The number of ether oxygens (including phenoxy) is 2. The number of benzene rings is 2. The van der Waals surface area contributed by atoms with Crippen molar-refractivity contribution in [1.82, 2.24) is 15.2 Å². The number of piperidine rings is 1. The first-order valence-electron chi connectivity index (χ1n) is 11.7. The quantitative estimate of drug-likeness (QED) is 0.580. The summed E-state index contributed by atoms with van der Waals surface area (Å²) >= 11 is 1.39. The predicted octanol–water partition coefficient (Wildman–Crippen LogP) is 4.06. The molecule has 2 aliphatic heterocycles. The number of rotatable bonds is 5. The number of carbonyl (C=O) groups is 2. The van der Waals surface area contributed by atoms with Crippen LogP contribution in [0.2, 0.25) is 0 Å². The molecule has 0 spiro atoms. The number of nitrogens with zero attached hydrogens (tertiary/aromatic N) is 2. The van der Waals surface area contributed by atoms with Crippen LogP contribution >= 0.6 is 11.3 Å². The lowest BCUT2D eigenvalue weighted by atomic mass is 10.1. The van der Waals surface area contributed by atoms with Gasteiger partial charge in [0.25, 0.3) is 11.8 Å². The molecule has 3 heterocycles. The third-order valence-electron chi connectivity index (χ3n) is 6.78. The molecule has 3 aromatic rings. The van der Waals surface area contributed by atoms with E-state index in [4.69, 9.17) is 9.47 Å². The first-order chi connectivity index (χ1) is 17.0. The Morgan fingerprint density at radius 1 is 1.17 bits per heavy atom. The number of thiazole rings is 1. The minimum absolute atomic E-state index is 0.130. The highest BCUT2D eigenvalue weighted by molar-refractivity contribution is 7.15. The molecule has 3 aliphatic rings. The van der Waals surface area contributed by atoms with Crippen molar-refractivity contribution in [2.75, 3.05) is 19.8 Å². The van der Waals surface area contributed by atoms with Gasteiger partial charge in [-0.3, -0.25) is 9.59 Å². The van der Waals surface area contributed by atoms with Gasteiger partial charge >= 0.3 is 0 Å². The van der Waals surface area contributed by atoms with Crippen LogP contribution in [0.3, 0.4) is 0 Å². The third-order valence-corrected chi connectivity index (χ3v) is 7.80. The van der Waals surface area contributed by atoms with Gasteiger partial charge in [-0.05, 0) is 55.5 Å². The fourth-order valence-corrected chi connectivity index (χ4v) is 6.04. The Morgan fingerprint density at radius 2 is 2.00 bits per heavy atom. The molecule has 6 rings (SSSR count). The average Bonchev–Trinajstić information content (AvgIpc) is 3.35. The van der Waals surface area contributed by atoms with Gasteiger partial charge in [0.05, 0.1) is 21.5 Å². The Morgan fingerprint density at radius 3 is 2.86 bits per heavy atom. The van der Waals surface area contributed by atoms with E-state index < -0.39 is 0 Å². The number of halogens is 1. The smallest absolute Gasteiger partial charge is 0.274 e. The van der Waals surface area contributed by atoms with Gasteiger partial charge in [0.2, 0.25) is 0 Å². The molecule has 2 aromatic carbocycles. The first kappa shape index (κ1) is 22.0. The summed E-state index contributed by atoms with van der Waals surface area (Å²) in [5, 5.41) is 3.74. The fraction of sp³-hybridized carbons (Fsp3) is 0.346. The van der Waals surface area contributed by atoms with Gasteiger partial charge in [-0.1, -0.05) is 18.2 Å². The molecular weight excluding hydrogens is 469 g/mol. The van der Waals surface area contributed by atoms with Crippen molar-refractivity contribution in [3.63, 3.8) is 0 Å². The van der Waals surface area contributed by atoms with Crippen LogP contribution in [-0.2, 0) is 0 Å². The van der Waals surface area contributed by atoms with Crippen LogP contribution in [0.4, 0.5) is 4.39 Å². The zero-order valence-corrected chi connectivity index (χ0v) is 19.9. The Bertz CT molecular complexity index is 1330. The van der Waals surface area contributed by atoms with Crippen LogP contribution in [0.15, 0.2) is 42.5 Å². The van der Waals surface area contributed by atoms with Crippen LogP contribution in [0.1, 0.15) is 38.7 Å². The number of nitrogens with one attached hydrogen (secondary N) is 1. The minimum Gasteiger partial charge on any atom is -0.486 e. The Balaban J connectivity index is 1.22. The third kappa shape index (κ3) is 4.03. The predicted molar refractivity (Wildman–Crippen MR) is 128 cm³/mol. The van der Waals surface area contributed by atoms with E-state index in [9.17, 15) is 14.0 Å². The maximum Gasteiger partial charge on any atom is 0.274 e. The Hall–Kier alpha value is -3.46. The SMILES string of the molecule is Cc1nc(C(=O)N2[C@H](CNC(=O)c3cccc4c3OCCO4)C[C@@H]3C[C@@H]32)c(-c2cccc(F)c2)s1. The molecule has 9 heteroatoms. The topological polar surface area (TPSA) is 80.8 Å². The summed E-state index contributed by atoms with van der Waals surface area (Å²) in [5.41, 5.74) is 1.42. The van der Waals surface area contributed by atoms with Gasteiger partial charge in [0.15, 0.2) is 11.5 Å². The second-order valence-corrected chi connectivity index (χ2v) is 10.3. The van der Waals surface area contributed by atoms with Crippen molar-refractivity contribution in [2.45, 2.75) is 31.8 Å². The van der Waals surface area contributed by atoms with E-state index in [0.717, 1.165) is 17.8 Å². The molecular formula is C26H24FN3O4S. The van der Waals surface area contributed by atoms with Crippen molar-refractivity contribution in [3.05, 3.63) is 64.5 Å². The van der Waals surface area contributed by atoms with Crippen molar-refractivity contribution >= 4 is 23.2 Å². The number of amides is 2. The summed E-state index contributed by atoms with van der Waals surface area (Å²) in [6.07, 6.45) is 1.80. The van der Waals surface area contributed by atoms with E-state index in [1.807, 2.05) is 11.8 Å². The number of likely N-dealkylation sites (tertiary alicyclic amines) is 1. The molecule has 0 bridgehead atoms. The molecule has 0 radical (unpaired) electrons. The summed E-state index contributed by atoms with van der Waals surface area (Å²) in [5.74, 6) is 0.688. The van der Waals surface area contributed by atoms with E-state index in [1.165, 1.54) is 23.5 Å². The monoisotopic (exact) mass is 493 g/mol. The summed E-state index contributed by atoms with van der Waals surface area (Å²) in [4.78, 5) is 33.8. The number of fused-ring (bicyclic) bond motifs is 2. The summed E-state index contributed by atoms with van der Waals surface area (Å²) in [7, 11) is 0. The van der Waals surface area contributed by atoms with Crippen LogP contribution in [0, 0.1) is 18.7 Å². The van der Waals surface area contributed by atoms with E-state index in [0.29, 0.717) is 58.9 Å². The van der Waals surface area contributed by atoms with Gasteiger partial charge in [0, 0.05) is 12.6 Å². The maximum atomic E-state index is 13.9. The van der Waals surface area contributed by atoms with E-state index >= 15 is 0 Å². The van der Waals surface area contributed by atoms with Crippen molar-refractivity contribution < 1.29 is 23.5 Å². The highest BCUT2D eigenvalue weighted by Crippen LogP contribution is 2.49. The van der Waals surface area contributed by atoms with Crippen molar-refractivity contribution in [1.29, 1.82) is 0 Å². The molecule has 3 atom stereocenters. The molecule has 1 aliphatic carbocycles. The van der Waals surface area contributed by atoms with Gasteiger partial charge in [-0.15, -0.1) is 11.3 Å².